The minimum absolute atomic E-state index is 0.345. The van der Waals surface area contributed by atoms with Crippen molar-refractivity contribution >= 4 is 5.84 Å². The monoisotopic (exact) mass is 487 g/mol. The van der Waals surface area contributed by atoms with Crippen LogP contribution in [0.25, 0.3) is 11.1 Å². The lowest BCUT2D eigenvalue weighted by Gasteiger charge is -2.19. The van der Waals surface area contributed by atoms with Crippen LogP contribution in [0.5, 0.6) is 11.5 Å². The molecule has 1 aliphatic rings. The lowest BCUT2D eigenvalue weighted by molar-refractivity contribution is 0.289. The molecule has 5 nitrogen and oxygen atoms in total. The molecule has 0 fully saturated rings. The lowest BCUT2D eigenvalue weighted by atomic mass is 9.97. The fourth-order valence-electron chi connectivity index (χ4n) is 4.44. The van der Waals surface area contributed by atoms with Crippen molar-refractivity contribution in [2.75, 3.05) is 13.1 Å². The Morgan fingerprint density at radius 2 is 1.73 bits per heavy atom. The smallest absolute Gasteiger partial charge is 0.134 e. The molecule has 0 amide bonds. The van der Waals surface area contributed by atoms with Gasteiger partial charge in [0.1, 0.15) is 30.5 Å². The van der Waals surface area contributed by atoms with Gasteiger partial charge in [0.2, 0.25) is 0 Å². The van der Waals surface area contributed by atoms with Crippen molar-refractivity contribution in [3.8, 4) is 28.7 Å². The molecule has 0 saturated heterocycles. The van der Waals surface area contributed by atoms with Crippen LogP contribution in [0.3, 0.4) is 0 Å². The maximum Gasteiger partial charge on any atom is 0.134 e. The zero-order valence-corrected chi connectivity index (χ0v) is 20.9. The minimum Gasteiger partial charge on any atom is -0.489 e. The second-order valence-electron chi connectivity index (χ2n) is 9.01. The molecule has 184 valence electrons. The summed E-state index contributed by atoms with van der Waals surface area (Å²) in [4.78, 5) is 4.66. The Morgan fingerprint density at radius 1 is 0.865 bits per heavy atom. The van der Waals surface area contributed by atoms with E-state index in [0.717, 1.165) is 47.8 Å². The highest BCUT2D eigenvalue weighted by Crippen LogP contribution is 2.29. The van der Waals surface area contributed by atoms with Crippen molar-refractivity contribution < 1.29 is 9.47 Å². The van der Waals surface area contributed by atoms with Gasteiger partial charge in [-0.25, -0.2) is 0 Å². The van der Waals surface area contributed by atoms with Crippen molar-refractivity contribution in [3.63, 3.8) is 0 Å². The number of nitrogens with one attached hydrogen (secondary N) is 1. The van der Waals surface area contributed by atoms with Crippen LogP contribution in [0.2, 0.25) is 0 Å². The number of hydrogen-bond donors (Lipinski definition) is 1. The van der Waals surface area contributed by atoms with Crippen LogP contribution in [0.1, 0.15) is 34.2 Å². The molecule has 1 heterocycles. The molecule has 0 unspecified atom stereocenters. The van der Waals surface area contributed by atoms with E-state index in [0.29, 0.717) is 24.5 Å². The number of nitrogens with zero attached hydrogens (tertiary/aromatic N) is 2. The Balaban J connectivity index is 1.37. The zero-order valence-electron chi connectivity index (χ0n) is 20.9. The number of rotatable bonds is 8. The Kier molecular flexibility index (Phi) is 7.47. The van der Waals surface area contributed by atoms with Crippen LogP contribution in [-0.2, 0) is 13.2 Å². The molecule has 5 rings (SSSR count). The van der Waals surface area contributed by atoms with Gasteiger partial charge in [0.25, 0.3) is 0 Å². The van der Waals surface area contributed by atoms with Crippen LogP contribution in [-0.4, -0.2) is 18.9 Å². The fourth-order valence-corrected chi connectivity index (χ4v) is 4.44. The SMILES string of the molecule is Cc1c(COc2ccc(C3=NCCCN3)c(OCc3cccc(C#N)c3)c2)cccc1-c1ccccc1. The zero-order chi connectivity index (χ0) is 25.5. The molecule has 0 spiro atoms. The Hall–Kier alpha value is -4.56. The molecule has 1 N–H and O–H groups in total. The average molecular weight is 488 g/mol. The summed E-state index contributed by atoms with van der Waals surface area (Å²) in [6, 6.07) is 32.3. The fraction of sp³-hybridized carbons (Fsp3) is 0.188. The molecule has 1 aliphatic heterocycles. The number of benzene rings is 4. The Morgan fingerprint density at radius 3 is 2.54 bits per heavy atom. The number of ether oxygens (including phenoxy) is 2. The van der Waals surface area contributed by atoms with Gasteiger partial charge < -0.3 is 14.8 Å². The van der Waals surface area contributed by atoms with Crippen LogP contribution < -0.4 is 14.8 Å². The van der Waals surface area contributed by atoms with E-state index in [1.807, 2.05) is 42.5 Å². The van der Waals surface area contributed by atoms with E-state index in [1.54, 1.807) is 6.07 Å². The van der Waals surface area contributed by atoms with Gasteiger partial charge in [0.05, 0.1) is 17.2 Å². The quantitative estimate of drug-likeness (QED) is 0.311. The van der Waals surface area contributed by atoms with Gasteiger partial charge in [0.15, 0.2) is 0 Å². The third kappa shape index (κ3) is 5.82. The molecule has 0 aliphatic carbocycles. The summed E-state index contributed by atoms with van der Waals surface area (Å²) in [7, 11) is 0. The second-order valence-corrected chi connectivity index (χ2v) is 9.01. The molecule has 37 heavy (non-hydrogen) atoms. The van der Waals surface area contributed by atoms with Crippen molar-refractivity contribution in [2.45, 2.75) is 26.6 Å². The molecule has 0 saturated carbocycles. The predicted molar refractivity (Wildman–Crippen MR) is 147 cm³/mol. The summed E-state index contributed by atoms with van der Waals surface area (Å²) < 4.78 is 12.5. The predicted octanol–water partition coefficient (Wildman–Crippen LogP) is 6.43. The lowest BCUT2D eigenvalue weighted by Crippen LogP contribution is -2.30. The van der Waals surface area contributed by atoms with Gasteiger partial charge in [-0.3, -0.25) is 4.99 Å². The molecule has 4 aromatic rings. The highest BCUT2D eigenvalue weighted by Gasteiger charge is 2.15. The van der Waals surface area contributed by atoms with Crippen LogP contribution >= 0.6 is 0 Å². The third-order valence-electron chi connectivity index (χ3n) is 6.48. The number of amidine groups is 1. The molecule has 4 aromatic carbocycles. The van der Waals surface area contributed by atoms with Gasteiger partial charge in [-0.2, -0.15) is 5.26 Å². The summed E-state index contributed by atoms with van der Waals surface area (Å²) in [5, 5.41) is 12.6. The summed E-state index contributed by atoms with van der Waals surface area (Å²) >= 11 is 0. The maximum atomic E-state index is 9.22. The van der Waals surface area contributed by atoms with Crippen LogP contribution in [0.4, 0.5) is 0 Å². The highest BCUT2D eigenvalue weighted by atomic mass is 16.5. The summed E-state index contributed by atoms with van der Waals surface area (Å²) in [6.45, 7) is 4.62. The molecule has 0 radical (unpaired) electrons. The molecule has 0 aromatic heterocycles. The largest absolute Gasteiger partial charge is 0.489 e. The standard InChI is InChI=1S/C32H29N3O2/c1-23-27(12-6-13-29(23)26-10-3-2-4-11-26)22-36-28-14-15-30(32-34-16-7-17-35-32)31(19-28)37-21-25-9-5-8-24(18-25)20-33/h2-6,8-15,18-19H,7,16-17,21-22H2,1H3,(H,34,35). The summed E-state index contributed by atoms with van der Waals surface area (Å²) in [6.07, 6.45) is 1.02. The topological polar surface area (TPSA) is 66.6 Å². The first-order valence-corrected chi connectivity index (χ1v) is 12.5. The van der Waals surface area contributed by atoms with Crippen molar-refractivity contribution in [1.82, 2.24) is 5.32 Å². The number of hydrogen-bond acceptors (Lipinski definition) is 5. The summed E-state index contributed by atoms with van der Waals surface area (Å²) in [5.74, 6) is 2.26. The van der Waals surface area contributed by atoms with Gasteiger partial charge in [-0.05, 0) is 65.4 Å². The second kappa shape index (κ2) is 11.5. The molecule has 0 bridgehead atoms. The van der Waals surface area contributed by atoms with Crippen molar-refractivity contribution in [3.05, 3.63) is 119 Å². The van der Waals surface area contributed by atoms with Gasteiger partial charge >= 0.3 is 0 Å². The first kappa shape index (κ1) is 24.1. The minimum atomic E-state index is 0.345. The molecule has 5 heteroatoms. The van der Waals surface area contributed by atoms with E-state index >= 15 is 0 Å². The average Bonchev–Trinajstić information content (AvgIpc) is 2.96. The van der Waals surface area contributed by atoms with E-state index in [1.165, 1.54) is 16.7 Å². The Labute approximate surface area is 218 Å². The molecular weight excluding hydrogens is 458 g/mol. The first-order chi connectivity index (χ1) is 18.2. The van der Waals surface area contributed by atoms with Crippen molar-refractivity contribution in [2.24, 2.45) is 4.99 Å². The first-order valence-electron chi connectivity index (χ1n) is 12.5. The normalized spacial score (nSPS) is 12.7. The number of nitriles is 1. The van der Waals surface area contributed by atoms with Crippen LogP contribution in [0, 0.1) is 18.3 Å². The molecular formula is C32H29N3O2. The van der Waals surface area contributed by atoms with E-state index in [9.17, 15) is 5.26 Å². The van der Waals surface area contributed by atoms with Crippen molar-refractivity contribution in [1.29, 1.82) is 5.26 Å². The highest BCUT2D eigenvalue weighted by molar-refractivity contribution is 6.01. The molecule has 0 atom stereocenters. The van der Waals surface area contributed by atoms with Crippen LogP contribution in [0.15, 0.2) is 96.0 Å². The third-order valence-corrected chi connectivity index (χ3v) is 6.48. The number of aliphatic imine (C=N–C) groups is 1. The summed E-state index contributed by atoms with van der Waals surface area (Å²) in [5.41, 5.74) is 7.21. The van der Waals surface area contributed by atoms with E-state index < -0.39 is 0 Å². The van der Waals surface area contributed by atoms with E-state index in [4.69, 9.17) is 9.47 Å². The van der Waals surface area contributed by atoms with Gasteiger partial charge in [0, 0.05) is 19.2 Å². The van der Waals surface area contributed by atoms with E-state index in [-0.39, 0.29) is 0 Å². The van der Waals surface area contributed by atoms with Gasteiger partial charge in [-0.1, -0.05) is 60.7 Å². The Bertz CT molecular complexity index is 1450. The van der Waals surface area contributed by atoms with E-state index in [2.05, 4.69) is 65.8 Å². The maximum absolute atomic E-state index is 9.22. The van der Waals surface area contributed by atoms with Gasteiger partial charge in [-0.15, -0.1) is 0 Å².